The molecule has 1 fully saturated rings. The summed E-state index contributed by atoms with van der Waals surface area (Å²) >= 11 is 5.23. The van der Waals surface area contributed by atoms with E-state index in [1.807, 2.05) is 21.1 Å². The number of guanidine groups is 1. The fraction of sp³-hybridized carbons (Fsp3) is 0.647. The average molecular weight is 543 g/mol. The summed E-state index contributed by atoms with van der Waals surface area (Å²) in [5.41, 5.74) is -0.285. The second-order valence-electron chi connectivity index (χ2n) is 6.65. The molecule has 0 radical (unpaired) electrons. The third kappa shape index (κ3) is 5.82. The van der Waals surface area contributed by atoms with Crippen LogP contribution in [0, 0.1) is 5.41 Å². The first kappa shape index (κ1) is 22.7. The van der Waals surface area contributed by atoms with E-state index in [1.165, 1.54) is 4.88 Å². The standard InChI is InChI=1S/C17H27BrN4OS.HI/c1-19-16(22(4)11-13-7-8-14(18)24-13)20-12-17(9-5-6-10-17)15(23)21(2)3;/h7-8H,5-6,9-12H2,1-4H3,(H,19,20);1H. The van der Waals surface area contributed by atoms with Crippen molar-refractivity contribution < 1.29 is 4.79 Å². The van der Waals surface area contributed by atoms with Gasteiger partial charge in [-0.2, -0.15) is 0 Å². The summed E-state index contributed by atoms with van der Waals surface area (Å²) in [7, 11) is 7.51. The highest BCUT2D eigenvalue weighted by Crippen LogP contribution is 2.39. The van der Waals surface area contributed by atoms with E-state index in [2.05, 4.69) is 43.3 Å². The first-order valence-electron chi connectivity index (χ1n) is 8.26. The minimum Gasteiger partial charge on any atom is -0.355 e. The van der Waals surface area contributed by atoms with Crippen LogP contribution in [0.3, 0.4) is 0 Å². The van der Waals surface area contributed by atoms with Gasteiger partial charge in [0.15, 0.2) is 5.96 Å². The molecule has 1 aromatic rings. The zero-order valence-electron chi connectivity index (χ0n) is 15.3. The fourth-order valence-electron chi connectivity index (χ4n) is 3.37. The first-order chi connectivity index (χ1) is 11.4. The first-order valence-corrected chi connectivity index (χ1v) is 9.87. The summed E-state index contributed by atoms with van der Waals surface area (Å²) in [4.78, 5) is 22.1. The molecule has 142 valence electrons. The van der Waals surface area contributed by atoms with E-state index in [0.29, 0.717) is 6.54 Å². The fourth-order valence-corrected chi connectivity index (χ4v) is 4.91. The predicted octanol–water partition coefficient (Wildman–Crippen LogP) is 3.78. The lowest BCUT2D eigenvalue weighted by Crippen LogP contribution is -2.49. The summed E-state index contributed by atoms with van der Waals surface area (Å²) in [6.45, 7) is 1.44. The number of hydrogen-bond donors (Lipinski definition) is 1. The molecular formula is C17H28BrIN4OS. The van der Waals surface area contributed by atoms with Crippen LogP contribution in [0.15, 0.2) is 20.9 Å². The monoisotopic (exact) mass is 542 g/mol. The SMILES string of the molecule is CN=C(NCC1(C(=O)N(C)C)CCCC1)N(C)Cc1ccc(Br)s1.I. The van der Waals surface area contributed by atoms with Gasteiger partial charge in [0.1, 0.15) is 0 Å². The Labute approximate surface area is 180 Å². The maximum absolute atomic E-state index is 12.7. The van der Waals surface area contributed by atoms with Crippen LogP contribution in [0.1, 0.15) is 30.6 Å². The molecule has 0 aliphatic heterocycles. The Morgan fingerprint density at radius 2 is 1.96 bits per heavy atom. The molecule has 1 aromatic heterocycles. The lowest BCUT2D eigenvalue weighted by atomic mass is 9.84. The van der Waals surface area contributed by atoms with Gasteiger partial charge in [0, 0.05) is 39.6 Å². The van der Waals surface area contributed by atoms with E-state index in [9.17, 15) is 4.79 Å². The molecule has 25 heavy (non-hydrogen) atoms. The van der Waals surface area contributed by atoms with Gasteiger partial charge in [0.25, 0.3) is 0 Å². The van der Waals surface area contributed by atoms with Crippen molar-refractivity contribution in [3.63, 3.8) is 0 Å². The topological polar surface area (TPSA) is 47.9 Å². The number of rotatable bonds is 5. The molecule has 1 aliphatic rings. The number of carbonyl (C=O) groups excluding carboxylic acids is 1. The molecule has 5 nitrogen and oxygen atoms in total. The van der Waals surface area contributed by atoms with E-state index >= 15 is 0 Å². The van der Waals surface area contributed by atoms with Crippen molar-refractivity contribution in [3.8, 4) is 0 Å². The van der Waals surface area contributed by atoms with Crippen molar-refractivity contribution in [3.05, 3.63) is 20.8 Å². The molecule has 0 saturated heterocycles. The maximum atomic E-state index is 12.7. The van der Waals surface area contributed by atoms with Gasteiger partial charge >= 0.3 is 0 Å². The number of nitrogens with zero attached hydrogens (tertiary/aromatic N) is 3. The number of aliphatic imine (C=N–C) groups is 1. The summed E-state index contributed by atoms with van der Waals surface area (Å²) in [5.74, 6) is 1.06. The molecule has 2 rings (SSSR count). The minimum atomic E-state index is -0.285. The summed E-state index contributed by atoms with van der Waals surface area (Å²) in [6.07, 6.45) is 4.16. The molecule has 0 atom stereocenters. The number of hydrogen-bond acceptors (Lipinski definition) is 3. The summed E-state index contributed by atoms with van der Waals surface area (Å²) < 4.78 is 1.13. The van der Waals surface area contributed by atoms with Crippen molar-refractivity contribution in [1.29, 1.82) is 0 Å². The number of thiophene rings is 1. The molecule has 1 amide bonds. The van der Waals surface area contributed by atoms with Gasteiger partial charge in [-0.1, -0.05) is 12.8 Å². The smallest absolute Gasteiger partial charge is 0.230 e. The Morgan fingerprint density at radius 3 is 2.44 bits per heavy atom. The molecule has 0 aromatic carbocycles. The Kier molecular flexibility index (Phi) is 9.17. The predicted molar refractivity (Wildman–Crippen MR) is 120 cm³/mol. The largest absolute Gasteiger partial charge is 0.355 e. The highest BCUT2D eigenvalue weighted by molar-refractivity contribution is 14.0. The number of carbonyl (C=O) groups is 1. The van der Waals surface area contributed by atoms with Crippen LogP contribution in [0.2, 0.25) is 0 Å². The highest BCUT2D eigenvalue weighted by atomic mass is 127. The molecule has 8 heteroatoms. The lowest BCUT2D eigenvalue weighted by Gasteiger charge is -2.32. The van der Waals surface area contributed by atoms with E-state index in [-0.39, 0.29) is 35.3 Å². The zero-order chi connectivity index (χ0) is 17.7. The van der Waals surface area contributed by atoms with E-state index in [4.69, 9.17) is 0 Å². The van der Waals surface area contributed by atoms with Crippen LogP contribution in [0.5, 0.6) is 0 Å². The van der Waals surface area contributed by atoms with Gasteiger partial charge in [-0.15, -0.1) is 35.3 Å². The maximum Gasteiger partial charge on any atom is 0.230 e. The van der Waals surface area contributed by atoms with Crippen LogP contribution in [0.4, 0.5) is 0 Å². The normalized spacial score (nSPS) is 16.3. The van der Waals surface area contributed by atoms with Crippen LogP contribution < -0.4 is 5.32 Å². The van der Waals surface area contributed by atoms with Gasteiger partial charge in [0.05, 0.1) is 15.7 Å². The lowest BCUT2D eigenvalue weighted by molar-refractivity contribution is -0.138. The van der Waals surface area contributed by atoms with Crippen molar-refractivity contribution in [1.82, 2.24) is 15.1 Å². The second kappa shape index (κ2) is 10.1. The van der Waals surface area contributed by atoms with E-state index < -0.39 is 0 Å². The van der Waals surface area contributed by atoms with Crippen molar-refractivity contribution in [2.75, 3.05) is 34.7 Å². The second-order valence-corrected chi connectivity index (χ2v) is 9.20. The summed E-state index contributed by atoms with van der Waals surface area (Å²) in [5, 5.41) is 3.44. The van der Waals surface area contributed by atoms with Crippen molar-refractivity contribution in [2.45, 2.75) is 32.2 Å². The quantitative estimate of drug-likeness (QED) is 0.350. The summed E-state index contributed by atoms with van der Waals surface area (Å²) in [6, 6.07) is 4.18. The Balaban J connectivity index is 0.00000312. The van der Waals surface area contributed by atoms with Crippen LogP contribution >= 0.6 is 51.2 Å². The van der Waals surface area contributed by atoms with Crippen molar-refractivity contribution in [2.24, 2.45) is 10.4 Å². The molecule has 1 aliphatic carbocycles. The number of amides is 1. The van der Waals surface area contributed by atoms with Gasteiger partial charge < -0.3 is 15.1 Å². The minimum absolute atomic E-state index is 0. The van der Waals surface area contributed by atoms with Crippen LogP contribution in [0.25, 0.3) is 0 Å². The van der Waals surface area contributed by atoms with Gasteiger partial charge in [-0.05, 0) is 40.9 Å². The molecule has 0 unspecified atom stereocenters. The number of nitrogens with one attached hydrogen (secondary N) is 1. The van der Waals surface area contributed by atoms with Gasteiger partial charge in [-0.3, -0.25) is 9.79 Å². The van der Waals surface area contributed by atoms with E-state index in [0.717, 1.165) is 42.0 Å². The highest BCUT2D eigenvalue weighted by Gasteiger charge is 2.42. The van der Waals surface area contributed by atoms with Crippen LogP contribution in [-0.2, 0) is 11.3 Å². The Bertz CT molecular complexity index is 599. The molecular weight excluding hydrogens is 515 g/mol. The Hall–Kier alpha value is -0.350. The third-order valence-electron chi connectivity index (χ3n) is 4.60. The van der Waals surface area contributed by atoms with E-state index in [1.54, 1.807) is 23.3 Å². The molecule has 0 spiro atoms. The third-order valence-corrected chi connectivity index (χ3v) is 6.21. The van der Waals surface area contributed by atoms with Crippen LogP contribution in [-0.4, -0.2) is 56.4 Å². The molecule has 1 saturated carbocycles. The molecule has 1 N–H and O–H groups in total. The van der Waals surface area contributed by atoms with Crippen molar-refractivity contribution >= 4 is 63.1 Å². The van der Waals surface area contributed by atoms with Gasteiger partial charge in [-0.25, -0.2) is 0 Å². The Morgan fingerprint density at radius 1 is 1.32 bits per heavy atom. The average Bonchev–Trinajstić information content (AvgIpc) is 3.17. The molecule has 0 bridgehead atoms. The number of halogens is 2. The zero-order valence-corrected chi connectivity index (χ0v) is 20.1. The molecule has 1 heterocycles. The van der Waals surface area contributed by atoms with Gasteiger partial charge in [0.2, 0.25) is 5.91 Å².